The van der Waals surface area contributed by atoms with E-state index in [1.54, 1.807) is 36.4 Å². The fourth-order valence-electron chi connectivity index (χ4n) is 2.46. The Morgan fingerprint density at radius 2 is 1.39 bits per heavy atom. The lowest BCUT2D eigenvalue weighted by Crippen LogP contribution is -2.36. The van der Waals surface area contributed by atoms with Crippen LogP contribution in [0, 0.1) is 0 Å². The van der Waals surface area contributed by atoms with Gasteiger partial charge in [0.25, 0.3) is 0 Å². The molecule has 2 aromatic carbocycles. The highest BCUT2D eigenvalue weighted by molar-refractivity contribution is 6.02. The SMILES string of the molecule is COC(=O)c1ccc(NC(=O)CN(C(C)=O)c2ccc(NC(C)=O)cc2)cc1. The first-order valence-corrected chi connectivity index (χ1v) is 8.44. The molecule has 0 radical (unpaired) electrons. The number of anilines is 3. The summed E-state index contributed by atoms with van der Waals surface area (Å²) < 4.78 is 4.62. The molecular formula is C20H21N3O5. The number of carbonyl (C=O) groups excluding carboxylic acids is 4. The van der Waals surface area contributed by atoms with Crippen molar-refractivity contribution in [2.75, 3.05) is 29.2 Å². The highest BCUT2D eigenvalue weighted by atomic mass is 16.5. The van der Waals surface area contributed by atoms with E-state index in [9.17, 15) is 19.2 Å². The first-order chi connectivity index (χ1) is 13.3. The molecule has 8 nitrogen and oxygen atoms in total. The van der Waals surface area contributed by atoms with Gasteiger partial charge in [0.1, 0.15) is 6.54 Å². The normalized spacial score (nSPS) is 9.96. The predicted molar refractivity (Wildman–Crippen MR) is 105 cm³/mol. The van der Waals surface area contributed by atoms with Crippen molar-refractivity contribution in [3.8, 4) is 0 Å². The van der Waals surface area contributed by atoms with Crippen molar-refractivity contribution in [3.63, 3.8) is 0 Å². The van der Waals surface area contributed by atoms with E-state index in [1.807, 2.05) is 0 Å². The molecule has 2 rings (SSSR count). The number of ether oxygens (including phenoxy) is 1. The van der Waals surface area contributed by atoms with Crippen molar-refractivity contribution < 1.29 is 23.9 Å². The van der Waals surface area contributed by atoms with Gasteiger partial charge < -0.3 is 20.3 Å². The highest BCUT2D eigenvalue weighted by Gasteiger charge is 2.16. The Kier molecular flexibility index (Phi) is 6.86. The Morgan fingerprint density at radius 1 is 0.857 bits per heavy atom. The molecule has 0 aliphatic heterocycles. The van der Waals surface area contributed by atoms with Crippen molar-refractivity contribution in [3.05, 3.63) is 54.1 Å². The molecule has 8 heteroatoms. The number of amides is 3. The summed E-state index contributed by atoms with van der Waals surface area (Å²) in [7, 11) is 1.29. The van der Waals surface area contributed by atoms with Gasteiger partial charge in [0.15, 0.2) is 0 Å². The molecule has 3 amide bonds. The molecular weight excluding hydrogens is 362 g/mol. The van der Waals surface area contributed by atoms with Crippen LogP contribution in [-0.4, -0.2) is 37.3 Å². The topological polar surface area (TPSA) is 105 Å². The number of methoxy groups -OCH3 is 1. The second-order valence-corrected chi connectivity index (χ2v) is 5.95. The van der Waals surface area contributed by atoms with Crippen LogP contribution in [0.5, 0.6) is 0 Å². The van der Waals surface area contributed by atoms with Crippen molar-refractivity contribution in [1.82, 2.24) is 0 Å². The second kappa shape index (κ2) is 9.31. The van der Waals surface area contributed by atoms with E-state index in [0.717, 1.165) is 0 Å². The van der Waals surface area contributed by atoms with Crippen LogP contribution in [0.3, 0.4) is 0 Å². The molecule has 0 bridgehead atoms. The van der Waals surface area contributed by atoms with Gasteiger partial charge in [0, 0.05) is 30.9 Å². The van der Waals surface area contributed by atoms with Crippen molar-refractivity contribution in [2.24, 2.45) is 0 Å². The molecule has 0 heterocycles. The fourth-order valence-corrected chi connectivity index (χ4v) is 2.46. The molecule has 0 spiro atoms. The van der Waals surface area contributed by atoms with Gasteiger partial charge in [-0.1, -0.05) is 0 Å². The molecule has 0 atom stereocenters. The number of rotatable bonds is 6. The molecule has 146 valence electrons. The van der Waals surface area contributed by atoms with Crippen LogP contribution in [0.4, 0.5) is 17.1 Å². The molecule has 0 saturated carbocycles. The van der Waals surface area contributed by atoms with E-state index >= 15 is 0 Å². The summed E-state index contributed by atoms with van der Waals surface area (Å²) in [5, 5.41) is 5.31. The van der Waals surface area contributed by atoms with Crippen LogP contribution in [0.1, 0.15) is 24.2 Å². The van der Waals surface area contributed by atoms with Gasteiger partial charge in [0.2, 0.25) is 17.7 Å². The summed E-state index contributed by atoms with van der Waals surface area (Å²) in [6, 6.07) is 12.8. The Labute approximate surface area is 162 Å². The van der Waals surface area contributed by atoms with Crippen molar-refractivity contribution >= 4 is 40.8 Å². The summed E-state index contributed by atoms with van der Waals surface area (Å²) in [6.07, 6.45) is 0. The lowest BCUT2D eigenvalue weighted by molar-refractivity contribution is -0.120. The molecule has 0 aliphatic rings. The van der Waals surface area contributed by atoms with Gasteiger partial charge in [-0.15, -0.1) is 0 Å². The maximum Gasteiger partial charge on any atom is 0.337 e. The summed E-state index contributed by atoms with van der Waals surface area (Å²) in [6.45, 7) is 2.57. The maximum atomic E-state index is 12.3. The van der Waals surface area contributed by atoms with E-state index in [0.29, 0.717) is 22.6 Å². The summed E-state index contributed by atoms with van der Waals surface area (Å²) >= 11 is 0. The number of esters is 1. The molecule has 0 aromatic heterocycles. The quantitative estimate of drug-likeness (QED) is 0.746. The lowest BCUT2D eigenvalue weighted by atomic mass is 10.2. The minimum atomic E-state index is -0.469. The molecule has 0 aliphatic carbocycles. The second-order valence-electron chi connectivity index (χ2n) is 5.95. The van der Waals surface area contributed by atoms with Gasteiger partial charge in [-0.25, -0.2) is 4.79 Å². The fraction of sp³-hybridized carbons (Fsp3) is 0.200. The van der Waals surface area contributed by atoms with Gasteiger partial charge in [0.05, 0.1) is 12.7 Å². The van der Waals surface area contributed by atoms with Gasteiger partial charge in [-0.05, 0) is 48.5 Å². The Hall–Kier alpha value is -3.68. The number of carbonyl (C=O) groups is 4. The summed E-state index contributed by atoms with van der Waals surface area (Å²) in [5.41, 5.74) is 1.97. The van der Waals surface area contributed by atoms with Gasteiger partial charge in [-0.3, -0.25) is 14.4 Å². The van der Waals surface area contributed by atoms with Gasteiger partial charge >= 0.3 is 5.97 Å². The molecule has 2 N–H and O–H groups in total. The average molecular weight is 383 g/mol. The minimum Gasteiger partial charge on any atom is -0.465 e. The number of hydrogen-bond donors (Lipinski definition) is 2. The largest absolute Gasteiger partial charge is 0.465 e. The van der Waals surface area contributed by atoms with Crippen LogP contribution < -0.4 is 15.5 Å². The van der Waals surface area contributed by atoms with Crippen LogP contribution in [-0.2, 0) is 19.1 Å². The van der Waals surface area contributed by atoms with Crippen LogP contribution in [0.15, 0.2) is 48.5 Å². The number of hydrogen-bond acceptors (Lipinski definition) is 5. The molecule has 28 heavy (non-hydrogen) atoms. The highest BCUT2D eigenvalue weighted by Crippen LogP contribution is 2.19. The molecule has 2 aromatic rings. The Morgan fingerprint density at radius 3 is 1.89 bits per heavy atom. The van der Waals surface area contributed by atoms with Crippen LogP contribution in [0.25, 0.3) is 0 Å². The average Bonchev–Trinajstić information content (AvgIpc) is 2.66. The monoisotopic (exact) mass is 383 g/mol. The standard InChI is InChI=1S/C20H21N3O5/c1-13(24)21-16-8-10-18(11-9-16)23(14(2)25)12-19(26)22-17-6-4-15(5-7-17)20(27)28-3/h4-11H,12H2,1-3H3,(H,21,24)(H,22,26). The first kappa shape index (κ1) is 20.6. The zero-order valence-corrected chi connectivity index (χ0v) is 15.8. The van der Waals surface area contributed by atoms with Crippen LogP contribution >= 0.6 is 0 Å². The number of nitrogens with one attached hydrogen (secondary N) is 2. The van der Waals surface area contributed by atoms with E-state index in [-0.39, 0.29) is 18.4 Å². The molecule has 0 unspecified atom stereocenters. The van der Waals surface area contributed by atoms with E-state index < -0.39 is 11.9 Å². The van der Waals surface area contributed by atoms with E-state index in [2.05, 4.69) is 15.4 Å². The van der Waals surface area contributed by atoms with Crippen molar-refractivity contribution in [1.29, 1.82) is 0 Å². The van der Waals surface area contributed by atoms with Crippen molar-refractivity contribution in [2.45, 2.75) is 13.8 Å². The van der Waals surface area contributed by atoms with E-state index in [1.165, 1.54) is 38.0 Å². The first-order valence-electron chi connectivity index (χ1n) is 8.44. The minimum absolute atomic E-state index is 0.187. The zero-order chi connectivity index (χ0) is 20.7. The maximum absolute atomic E-state index is 12.3. The zero-order valence-electron chi connectivity index (χ0n) is 15.8. The summed E-state index contributed by atoms with van der Waals surface area (Å²) in [4.78, 5) is 48.1. The third kappa shape index (κ3) is 5.66. The van der Waals surface area contributed by atoms with Gasteiger partial charge in [-0.2, -0.15) is 0 Å². The number of benzene rings is 2. The van der Waals surface area contributed by atoms with Crippen LogP contribution in [0.2, 0.25) is 0 Å². The lowest BCUT2D eigenvalue weighted by Gasteiger charge is -2.21. The smallest absolute Gasteiger partial charge is 0.337 e. The Bertz CT molecular complexity index is 876. The molecule has 0 saturated heterocycles. The third-order valence-electron chi connectivity index (χ3n) is 3.77. The Balaban J connectivity index is 2.05. The predicted octanol–water partition coefficient (Wildman–Crippen LogP) is 2.42. The summed E-state index contributed by atoms with van der Waals surface area (Å²) in [5.74, 6) is -1.37. The number of nitrogens with zero attached hydrogens (tertiary/aromatic N) is 1. The molecule has 0 fully saturated rings. The van der Waals surface area contributed by atoms with E-state index in [4.69, 9.17) is 0 Å². The third-order valence-corrected chi connectivity index (χ3v) is 3.77.